The topological polar surface area (TPSA) is 70.1 Å². The van der Waals surface area contributed by atoms with Crippen molar-refractivity contribution in [3.8, 4) is 5.75 Å². The molecule has 2 atom stereocenters. The molecule has 2 saturated heterocycles. The van der Waals surface area contributed by atoms with Crippen LogP contribution in [0.1, 0.15) is 0 Å². The second-order valence-corrected chi connectivity index (χ2v) is 8.09. The molecule has 0 aliphatic carbocycles. The highest BCUT2D eigenvalue weighted by Gasteiger charge is 2.40. The minimum absolute atomic E-state index is 0.0801. The van der Waals surface area contributed by atoms with Crippen molar-refractivity contribution in [3.63, 3.8) is 0 Å². The van der Waals surface area contributed by atoms with Crippen molar-refractivity contribution in [2.45, 2.75) is 12.1 Å². The monoisotopic (exact) mass is 326 g/mol. The Hall–Kier alpha value is -1.31. The molecule has 7 heteroatoms. The number of aliphatic hydroxyl groups excluding tert-OH is 1. The Morgan fingerprint density at radius 1 is 1.09 bits per heavy atom. The summed E-state index contributed by atoms with van der Waals surface area (Å²) in [6.07, 6.45) is -0.752. The maximum Gasteiger partial charge on any atom is 0.154 e. The number of nitrogens with zero attached hydrogens (tertiary/aromatic N) is 2. The van der Waals surface area contributed by atoms with Crippen LogP contribution in [0.2, 0.25) is 0 Å². The van der Waals surface area contributed by atoms with Crippen LogP contribution in [0.25, 0.3) is 0 Å². The van der Waals surface area contributed by atoms with Crippen molar-refractivity contribution in [1.82, 2.24) is 4.90 Å². The van der Waals surface area contributed by atoms with E-state index >= 15 is 0 Å². The third-order valence-corrected chi connectivity index (χ3v) is 6.21. The fourth-order valence-corrected chi connectivity index (χ4v) is 5.10. The van der Waals surface area contributed by atoms with Crippen LogP contribution < -0.4 is 9.64 Å². The van der Waals surface area contributed by atoms with Gasteiger partial charge in [-0.1, -0.05) is 0 Å². The highest BCUT2D eigenvalue weighted by atomic mass is 32.2. The Kier molecular flexibility index (Phi) is 4.29. The molecule has 3 rings (SSSR count). The molecule has 0 amide bonds. The number of rotatable bonds is 3. The quantitative estimate of drug-likeness (QED) is 0.842. The standard InChI is InChI=1S/C15H22N2O4S/c1-21-13-4-2-12(3-5-13)16-6-8-17(9-7-16)14-10-22(19,20)11-15(14)18/h2-5,14-15,18H,6-11H2,1H3/t14-,15+/m1/s1. The first-order valence-electron chi connectivity index (χ1n) is 7.50. The number of piperazine rings is 1. The molecular weight excluding hydrogens is 304 g/mol. The van der Waals surface area contributed by atoms with E-state index < -0.39 is 15.9 Å². The number of hydrogen-bond acceptors (Lipinski definition) is 6. The first-order valence-corrected chi connectivity index (χ1v) is 9.32. The summed E-state index contributed by atoms with van der Waals surface area (Å²) in [7, 11) is -1.44. The Morgan fingerprint density at radius 2 is 1.73 bits per heavy atom. The smallest absolute Gasteiger partial charge is 0.154 e. The van der Waals surface area contributed by atoms with E-state index in [1.807, 2.05) is 24.3 Å². The first kappa shape index (κ1) is 15.6. The lowest BCUT2D eigenvalue weighted by Gasteiger charge is -2.39. The minimum atomic E-state index is -3.09. The summed E-state index contributed by atoms with van der Waals surface area (Å²) in [5.41, 5.74) is 1.14. The molecule has 1 N–H and O–H groups in total. The molecule has 2 fully saturated rings. The molecule has 0 radical (unpaired) electrons. The average molecular weight is 326 g/mol. The Balaban J connectivity index is 1.60. The molecule has 0 spiro atoms. The number of sulfone groups is 1. The summed E-state index contributed by atoms with van der Waals surface area (Å²) in [6, 6.07) is 7.69. The second-order valence-electron chi connectivity index (χ2n) is 5.93. The summed E-state index contributed by atoms with van der Waals surface area (Å²) in [5, 5.41) is 9.97. The first-order chi connectivity index (χ1) is 10.5. The van der Waals surface area contributed by atoms with Gasteiger partial charge in [-0.3, -0.25) is 4.90 Å². The zero-order valence-corrected chi connectivity index (χ0v) is 13.5. The van der Waals surface area contributed by atoms with E-state index in [9.17, 15) is 13.5 Å². The number of hydrogen-bond donors (Lipinski definition) is 1. The van der Waals surface area contributed by atoms with Crippen LogP contribution in [0, 0.1) is 0 Å². The summed E-state index contributed by atoms with van der Waals surface area (Å²) in [5.74, 6) is 0.814. The van der Waals surface area contributed by atoms with Crippen molar-refractivity contribution in [1.29, 1.82) is 0 Å². The van der Waals surface area contributed by atoms with Gasteiger partial charge < -0.3 is 14.7 Å². The number of anilines is 1. The Morgan fingerprint density at radius 3 is 2.23 bits per heavy atom. The molecule has 0 unspecified atom stereocenters. The Bertz CT molecular complexity index is 609. The zero-order chi connectivity index (χ0) is 15.7. The molecule has 2 aliphatic heterocycles. The van der Waals surface area contributed by atoms with Crippen molar-refractivity contribution in [2.75, 3.05) is 49.7 Å². The van der Waals surface area contributed by atoms with Crippen molar-refractivity contribution in [2.24, 2.45) is 0 Å². The summed E-state index contributed by atoms with van der Waals surface area (Å²) in [6.45, 7) is 3.19. The van der Waals surface area contributed by atoms with Gasteiger partial charge in [-0.25, -0.2) is 8.42 Å². The Labute approximate surface area is 131 Å². The number of methoxy groups -OCH3 is 1. The fraction of sp³-hybridized carbons (Fsp3) is 0.600. The van der Waals surface area contributed by atoms with E-state index in [-0.39, 0.29) is 17.5 Å². The van der Waals surface area contributed by atoms with Gasteiger partial charge in [0.2, 0.25) is 0 Å². The molecule has 0 aromatic heterocycles. The molecule has 1 aromatic rings. The van der Waals surface area contributed by atoms with Gasteiger partial charge in [0.15, 0.2) is 9.84 Å². The zero-order valence-electron chi connectivity index (χ0n) is 12.7. The van der Waals surface area contributed by atoms with Gasteiger partial charge in [0, 0.05) is 31.9 Å². The predicted octanol–water partition coefficient (Wildman–Crippen LogP) is -0.0249. The van der Waals surface area contributed by atoms with Gasteiger partial charge in [0.1, 0.15) is 5.75 Å². The second kappa shape index (κ2) is 6.06. The van der Waals surface area contributed by atoms with Crippen molar-refractivity contribution >= 4 is 15.5 Å². The largest absolute Gasteiger partial charge is 0.497 e. The van der Waals surface area contributed by atoms with Crippen molar-refractivity contribution < 1.29 is 18.3 Å². The number of ether oxygens (including phenoxy) is 1. The van der Waals surface area contributed by atoms with Crippen LogP contribution in [0.5, 0.6) is 5.75 Å². The van der Waals surface area contributed by atoms with Crippen LogP contribution >= 0.6 is 0 Å². The third-order valence-electron chi connectivity index (χ3n) is 4.51. The maximum absolute atomic E-state index is 11.6. The van der Waals surface area contributed by atoms with Gasteiger partial charge in [-0.15, -0.1) is 0 Å². The van der Waals surface area contributed by atoms with Crippen LogP contribution in [-0.2, 0) is 9.84 Å². The lowest BCUT2D eigenvalue weighted by Crippen LogP contribution is -2.53. The summed E-state index contributed by atoms with van der Waals surface area (Å²) in [4.78, 5) is 4.38. The van der Waals surface area contributed by atoms with Crippen LogP contribution in [0.4, 0.5) is 5.69 Å². The van der Waals surface area contributed by atoms with Gasteiger partial charge in [0.25, 0.3) is 0 Å². The third kappa shape index (κ3) is 3.21. The molecule has 2 aliphatic rings. The summed E-state index contributed by atoms with van der Waals surface area (Å²) < 4.78 is 28.4. The SMILES string of the molecule is COc1ccc(N2CCN([C@@H]3CS(=O)(=O)C[C@@H]3O)CC2)cc1. The fourth-order valence-electron chi connectivity index (χ4n) is 3.26. The molecule has 1 aromatic carbocycles. The molecule has 0 saturated carbocycles. The van der Waals surface area contributed by atoms with E-state index in [0.717, 1.165) is 37.6 Å². The normalized spacial score (nSPS) is 28.7. The van der Waals surface area contributed by atoms with E-state index in [0.29, 0.717) is 0 Å². The molecule has 6 nitrogen and oxygen atoms in total. The predicted molar refractivity (Wildman–Crippen MR) is 85.2 cm³/mol. The minimum Gasteiger partial charge on any atom is -0.497 e. The molecule has 0 bridgehead atoms. The van der Waals surface area contributed by atoms with Crippen LogP contribution in [-0.4, -0.2) is 75.4 Å². The summed E-state index contributed by atoms with van der Waals surface area (Å²) >= 11 is 0. The van der Waals surface area contributed by atoms with Gasteiger partial charge in [-0.2, -0.15) is 0 Å². The van der Waals surface area contributed by atoms with Crippen molar-refractivity contribution in [3.05, 3.63) is 24.3 Å². The van der Waals surface area contributed by atoms with Gasteiger partial charge in [0.05, 0.1) is 30.8 Å². The number of benzene rings is 1. The molecule has 2 heterocycles. The highest BCUT2D eigenvalue weighted by Crippen LogP contribution is 2.23. The lowest BCUT2D eigenvalue weighted by atomic mass is 10.1. The van der Waals surface area contributed by atoms with Crippen LogP contribution in [0.15, 0.2) is 24.3 Å². The van der Waals surface area contributed by atoms with Gasteiger partial charge >= 0.3 is 0 Å². The molecule has 122 valence electrons. The molecule has 22 heavy (non-hydrogen) atoms. The van der Waals surface area contributed by atoms with E-state index in [2.05, 4.69) is 9.80 Å². The lowest BCUT2D eigenvalue weighted by molar-refractivity contribution is 0.0793. The maximum atomic E-state index is 11.6. The van der Waals surface area contributed by atoms with E-state index in [4.69, 9.17) is 4.74 Å². The van der Waals surface area contributed by atoms with E-state index in [1.165, 1.54) is 0 Å². The van der Waals surface area contributed by atoms with Gasteiger partial charge in [-0.05, 0) is 24.3 Å². The molecular formula is C15H22N2O4S. The average Bonchev–Trinajstić information content (AvgIpc) is 2.80. The number of aliphatic hydroxyl groups is 1. The van der Waals surface area contributed by atoms with E-state index in [1.54, 1.807) is 7.11 Å². The highest BCUT2D eigenvalue weighted by molar-refractivity contribution is 7.91. The van der Waals surface area contributed by atoms with Crippen LogP contribution in [0.3, 0.4) is 0 Å².